The lowest BCUT2D eigenvalue weighted by atomic mass is 10.1. The molecule has 0 amide bonds. The van der Waals surface area contributed by atoms with E-state index in [1.54, 1.807) is 0 Å². The normalized spacial score (nSPS) is 13.8. The highest BCUT2D eigenvalue weighted by Crippen LogP contribution is 2.30. The summed E-state index contributed by atoms with van der Waals surface area (Å²) in [5, 5.41) is 3.48. The molecule has 2 heterocycles. The fourth-order valence-electron chi connectivity index (χ4n) is 2.68. The summed E-state index contributed by atoms with van der Waals surface area (Å²) in [6, 6.07) is 11.3. The minimum atomic E-state index is 0.485. The van der Waals surface area contributed by atoms with Crippen molar-refractivity contribution in [2.45, 2.75) is 39.5 Å². The molecule has 20 heavy (non-hydrogen) atoms. The fraction of sp³-hybridized carbons (Fsp3) is 0.353. The van der Waals surface area contributed by atoms with Crippen LogP contribution >= 0.6 is 0 Å². The number of pyridine rings is 1. The van der Waals surface area contributed by atoms with Crippen molar-refractivity contribution in [1.29, 1.82) is 0 Å². The van der Waals surface area contributed by atoms with Crippen molar-refractivity contribution in [3.8, 4) is 0 Å². The number of nitrogens with one attached hydrogen (secondary N) is 1. The first kappa shape index (κ1) is 13.1. The van der Waals surface area contributed by atoms with E-state index in [0.717, 1.165) is 19.6 Å². The lowest BCUT2D eigenvalue weighted by Gasteiger charge is -2.21. The molecule has 3 nitrogen and oxygen atoms in total. The van der Waals surface area contributed by atoms with Crippen molar-refractivity contribution in [2.75, 3.05) is 4.90 Å². The second-order valence-electron chi connectivity index (χ2n) is 5.66. The van der Waals surface area contributed by atoms with Gasteiger partial charge in [-0.25, -0.2) is 0 Å². The van der Waals surface area contributed by atoms with E-state index in [1.807, 2.05) is 12.4 Å². The van der Waals surface area contributed by atoms with Gasteiger partial charge in [0.25, 0.3) is 0 Å². The van der Waals surface area contributed by atoms with E-state index in [2.05, 4.69) is 59.4 Å². The predicted octanol–water partition coefficient (Wildman–Crippen LogP) is 3.10. The molecule has 0 saturated carbocycles. The number of hydrogen-bond acceptors (Lipinski definition) is 3. The van der Waals surface area contributed by atoms with Crippen LogP contribution in [0.15, 0.2) is 42.7 Å². The van der Waals surface area contributed by atoms with Gasteiger partial charge in [0.15, 0.2) is 0 Å². The SMILES string of the molecule is CC(C)NCc1cnccc1N1Cc2ccccc2C1. The monoisotopic (exact) mass is 267 g/mol. The number of rotatable bonds is 4. The largest absolute Gasteiger partial charge is 0.362 e. The van der Waals surface area contributed by atoms with Gasteiger partial charge in [0.05, 0.1) is 0 Å². The van der Waals surface area contributed by atoms with Crippen LogP contribution in [0.5, 0.6) is 0 Å². The van der Waals surface area contributed by atoms with Crippen LogP contribution in [-0.2, 0) is 19.6 Å². The Morgan fingerprint density at radius 2 is 1.85 bits per heavy atom. The molecular weight excluding hydrogens is 246 g/mol. The quantitative estimate of drug-likeness (QED) is 0.922. The molecule has 0 saturated heterocycles. The Kier molecular flexibility index (Phi) is 3.70. The number of fused-ring (bicyclic) bond motifs is 1. The van der Waals surface area contributed by atoms with Crippen LogP contribution < -0.4 is 10.2 Å². The molecule has 0 bridgehead atoms. The van der Waals surface area contributed by atoms with Crippen LogP contribution in [0.25, 0.3) is 0 Å². The van der Waals surface area contributed by atoms with E-state index < -0.39 is 0 Å². The maximum atomic E-state index is 4.28. The summed E-state index contributed by atoms with van der Waals surface area (Å²) in [6.45, 7) is 7.20. The van der Waals surface area contributed by atoms with E-state index in [9.17, 15) is 0 Å². The van der Waals surface area contributed by atoms with Gasteiger partial charge in [0.1, 0.15) is 0 Å². The van der Waals surface area contributed by atoms with Gasteiger partial charge in [0, 0.05) is 49.3 Å². The second-order valence-corrected chi connectivity index (χ2v) is 5.66. The molecule has 0 radical (unpaired) electrons. The Bertz CT molecular complexity index is 567. The van der Waals surface area contributed by atoms with Gasteiger partial charge in [-0.1, -0.05) is 38.1 Å². The van der Waals surface area contributed by atoms with Crippen LogP contribution in [0.2, 0.25) is 0 Å². The molecule has 104 valence electrons. The van der Waals surface area contributed by atoms with E-state index in [0.29, 0.717) is 6.04 Å². The summed E-state index contributed by atoms with van der Waals surface area (Å²) in [6.07, 6.45) is 3.87. The van der Waals surface area contributed by atoms with E-state index in [-0.39, 0.29) is 0 Å². The average Bonchev–Trinajstić information content (AvgIpc) is 2.89. The first-order chi connectivity index (χ1) is 9.74. The fourth-order valence-corrected chi connectivity index (χ4v) is 2.68. The smallest absolute Gasteiger partial charge is 0.0448 e. The van der Waals surface area contributed by atoms with Crippen LogP contribution in [-0.4, -0.2) is 11.0 Å². The maximum Gasteiger partial charge on any atom is 0.0448 e. The topological polar surface area (TPSA) is 28.2 Å². The summed E-state index contributed by atoms with van der Waals surface area (Å²) in [5.41, 5.74) is 5.44. The minimum absolute atomic E-state index is 0.485. The van der Waals surface area contributed by atoms with Crippen LogP contribution in [0, 0.1) is 0 Å². The predicted molar refractivity (Wildman–Crippen MR) is 82.5 cm³/mol. The van der Waals surface area contributed by atoms with E-state index >= 15 is 0 Å². The van der Waals surface area contributed by atoms with Gasteiger partial charge >= 0.3 is 0 Å². The molecule has 1 aromatic carbocycles. The lowest BCUT2D eigenvalue weighted by molar-refractivity contribution is 0.587. The highest BCUT2D eigenvalue weighted by Gasteiger charge is 2.20. The van der Waals surface area contributed by atoms with Crippen molar-refractivity contribution in [3.63, 3.8) is 0 Å². The van der Waals surface area contributed by atoms with Gasteiger partial charge < -0.3 is 10.2 Å². The van der Waals surface area contributed by atoms with Crippen molar-refractivity contribution in [2.24, 2.45) is 0 Å². The third-order valence-electron chi connectivity index (χ3n) is 3.76. The van der Waals surface area contributed by atoms with Crippen LogP contribution in [0.3, 0.4) is 0 Å². The summed E-state index contributed by atoms with van der Waals surface area (Å²) in [7, 11) is 0. The van der Waals surface area contributed by atoms with Crippen LogP contribution in [0.4, 0.5) is 5.69 Å². The molecule has 1 aromatic heterocycles. The van der Waals surface area contributed by atoms with Crippen molar-refractivity contribution < 1.29 is 0 Å². The number of hydrogen-bond donors (Lipinski definition) is 1. The molecule has 3 heteroatoms. The van der Waals surface area contributed by atoms with Gasteiger partial charge in [-0.2, -0.15) is 0 Å². The zero-order valence-electron chi connectivity index (χ0n) is 12.1. The third-order valence-corrected chi connectivity index (χ3v) is 3.76. The highest BCUT2D eigenvalue weighted by atomic mass is 15.1. The molecule has 1 N–H and O–H groups in total. The molecule has 0 spiro atoms. The lowest BCUT2D eigenvalue weighted by Crippen LogP contribution is -2.24. The zero-order chi connectivity index (χ0) is 13.9. The Hall–Kier alpha value is -1.87. The number of aromatic nitrogens is 1. The summed E-state index contributed by atoms with van der Waals surface area (Å²) >= 11 is 0. The van der Waals surface area contributed by atoms with Crippen molar-refractivity contribution >= 4 is 5.69 Å². The molecule has 0 aliphatic carbocycles. The molecule has 0 atom stereocenters. The standard InChI is InChI=1S/C17H21N3/c1-13(2)19-10-16-9-18-8-7-17(16)20-11-14-5-3-4-6-15(14)12-20/h3-9,13,19H,10-12H2,1-2H3. The summed E-state index contributed by atoms with van der Waals surface area (Å²) in [5.74, 6) is 0. The Morgan fingerprint density at radius 3 is 2.50 bits per heavy atom. The Morgan fingerprint density at radius 1 is 1.15 bits per heavy atom. The number of benzene rings is 1. The van der Waals surface area contributed by atoms with Crippen LogP contribution in [0.1, 0.15) is 30.5 Å². The number of nitrogens with zero attached hydrogens (tertiary/aromatic N) is 2. The number of anilines is 1. The van der Waals surface area contributed by atoms with E-state index in [1.165, 1.54) is 22.4 Å². The Balaban J connectivity index is 1.82. The average molecular weight is 267 g/mol. The van der Waals surface area contributed by atoms with Crippen molar-refractivity contribution in [3.05, 3.63) is 59.4 Å². The summed E-state index contributed by atoms with van der Waals surface area (Å²) < 4.78 is 0. The second kappa shape index (κ2) is 5.63. The summed E-state index contributed by atoms with van der Waals surface area (Å²) in [4.78, 5) is 6.71. The van der Waals surface area contributed by atoms with Gasteiger partial charge in [-0.15, -0.1) is 0 Å². The van der Waals surface area contributed by atoms with E-state index in [4.69, 9.17) is 0 Å². The molecule has 2 aromatic rings. The molecular formula is C17H21N3. The zero-order valence-corrected chi connectivity index (χ0v) is 12.1. The molecule has 3 rings (SSSR count). The molecule has 1 aliphatic heterocycles. The van der Waals surface area contributed by atoms with Gasteiger partial charge in [-0.3, -0.25) is 4.98 Å². The first-order valence-electron chi connectivity index (χ1n) is 7.22. The van der Waals surface area contributed by atoms with Gasteiger partial charge in [0.2, 0.25) is 0 Å². The molecule has 0 fully saturated rings. The Labute approximate surface area is 120 Å². The maximum absolute atomic E-state index is 4.28. The van der Waals surface area contributed by atoms with Gasteiger partial charge in [-0.05, 0) is 17.2 Å². The highest BCUT2D eigenvalue weighted by molar-refractivity contribution is 5.56. The molecule has 1 aliphatic rings. The van der Waals surface area contributed by atoms with Crippen molar-refractivity contribution in [1.82, 2.24) is 10.3 Å². The third kappa shape index (κ3) is 2.68. The first-order valence-corrected chi connectivity index (χ1v) is 7.22. The molecule has 0 unspecified atom stereocenters. The minimum Gasteiger partial charge on any atom is -0.362 e.